The summed E-state index contributed by atoms with van der Waals surface area (Å²) < 4.78 is 10.5. The Morgan fingerprint density at radius 2 is 2.19 bits per heavy atom. The monoisotopic (exact) mass is 292 g/mol. The van der Waals surface area contributed by atoms with E-state index in [0.717, 1.165) is 30.8 Å². The first kappa shape index (κ1) is 15.8. The number of hydrogen-bond donors (Lipinski definition) is 1. The highest BCUT2D eigenvalue weighted by Gasteiger charge is 2.27. The van der Waals surface area contributed by atoms with Crippen LogP contribution in [-0.4, -0.2) is 44.9 Å². The van der Waals surface area contributed by atoms with Crippen LogP contribution in [0.4, 0.5) is 5.69 Å². The van der Waals surface area contributed by atoms with Gasteiger partial charge in [0.05, 0.1) is 18.3 Å². The quantitative estimate of drug-likeness (QED) is 0.856. The average molecular weight is 292 g/mol. The summed E-state index contributed by atoms with van der Waals surface area (Å²) in [5.74, 6) is -0.278. The molecule has 0 aromatic heterocycles. The highest BCUT2D eigenvalue weighted by atomic mass is 16.5. The molecule has 1 aliphatic rings. The molecule has 1 aliphatic heterocycles. The van der Waals surface area contributed by atoms with E-state index < -0.39 is 0 Å². The van der Waals surface area contributed by atoms with Crippen molar-refractivity contribution < 1.29 is 14.3 Å². The van der Waals surface area contributed by atoms with E-state index in [0.29, 0.717) is 12.2 Å². The lowest BCUT2D eigenvalue weighted by Crippen LogP contribution is -2.51. The highest BCUT2D eigenvalue weighted by Crippen LogP contribution is 2.24. The molecule has 1 aromatic rings. The van der Waals surface area contributed by atoms with Gasteiger partial charge >= 0.3 is 5.97 Å². The predicted octanol–water partition coefficient (Wildman–Crippen LogP) is 1.72. The third kappa shape index (κ3) is 3.74. The van der Waals surface area contributed by atoms with Crippen LogP contribution in [0.1, 0.15) is 29.3 Å². The number of hydrogen-bond acceptors (Lipinski definition) is 5. The standard InChI is InChI=1S/C16H24N2O3/c1-4-21-16(19)12-7-11(2)8-13(9-12)18-6-5-14(17)15(10-18)20-3/h7-9,14-15H,4-6,10,17H2,1-3H3/t14-,15+/m1/s1. The number of nitrogens with zero attached hydrogens (tertiary/aromatic N) is 1. The minimum Gasteiger partial charge on any atom is -0.462 e. The average Bonchev–Trinajstić information content (AvgIpc) is 2.47. The van der Waals surface area contributed by atoms with E-state index in [-0.39, 0.29) is 18.1 Å². The fourth-order valence-corrected chi connectivity index (χ4v) is 2.70. The molecular formula is C16H24N2O3. The fourth-order valence-electron chi connectivity index (χ4n) is 2.70. The van der Waals surface area contributed by atoms with Crippen LogP contribution >= 0.6 is 0 Å². The van der Waals surface area contributed by atoms with Gasteiger partial charge in [-0.05, 0) is 44.0 Å². The number of carbonyl (C=O) groups is 1. The molecule has 1 saturated heterocycles. The Hall–Kier alpha value is -1.59. The van der Waals surface area contributed by atoms with Gasteiger partial charge in [0.15, 0.2) is 0 Å². The highest BCUT2D eigenvalue weighted by molar-refractivity contribution is 5.91. The van der Waals surface area contributed by atoms with Crippen molar-refractivity contribution in [2.24, 2.45) is 5.73 Å². The van der Waals surface area contributed by atoms with Gasteiger partial charge in [-0.2, -0.15) is 0 Å². The summed E-state index contributed by atoms with van der Waals surface area (Å²) in [4.78, 5) is 14.1. The Morgan fingerprint density at radius 1 is 1.43 bits per heavy atom. The molecule has 2 atom stereocenters. The van der Waals surface area contributed by atoms with E-state index in [1.807, 2.05) is 26.0 Å². The van der Waals surface area contributed by atoms with Crippen LogP contribution in [0, 0.1) is 6.92 Å². The van der Waals surface area contributed by atoms with Crippen LogP contribution in [0.15, 0.2) is 18.2 Å². The van der Waals surface area contributed by atoms with Crippen LogP contribution < -0.4 is 10.6 Å². The van der Waals surface area contributed by atoms with Gasteiger partial charge in [-0.3, -0.25) is 0 Å². The molecule has 1 heterocycles. The van der Waals surface area contributed by atoms with E-state index in [1.54, 1.807) is 7.11 Å². The van der Waals surface area contributed by atoms with Crippen molar-refractivity contribution >= 4 is 11.7 Å². The maximum Gasteiger partial charge on any atom is 0.338 e. The van der Waals surface area contributed by atoms with Crippen molar-refractivity contribution in [1.29, 1.82) is 0 Å². The second kappa shape index (κ2) is 6.91. The minimum absolute atomic E-state index is 0.0188. The lowest BCUT2D eigenvalue weighted by molar-refractivity contribution is 0.0526. The summed E-state index contributed by atoms with van der Waals surface area (Å²) in [6, 6.07) is 5.88. The second-order valence-corrected chi connectivity index (χ2v) is 5.45. The Labute approximate surface area is 126 Å². The van der Waals surface area contributed by atoms with Crippen molar-refractivity contribution in [1.82, 2.24) is 0 Å². The molecule has 2 rings (SSSR count). The maximum atomic E-state index is 11.9. The van der Waals surface area contributed by atoms with Crippen LogP contribution in [0.2, 0.25) is 0 Å². The Morgan fingerprint density at radius 3 is 2.86 bits per heavy atom. The summed E-state index contributed by atoms with van der Waals surface area (Å²) >= 11 is 0. The largest absolute Gasteiger partial charge is 0.462 e. The molecule has 2 N–H and O–H groups in total. The van der Waals surface area contributed by atoms with Crippen molar-refractivity contribution in [3.05, 3.63) is 29.3 Å². The van der Waals surface area contributed by atoms with Gasteiger partial charge in [0.1, 0.15) is 0 Å². The maximum absolute atomic E-state index is 11.9. The van der Waals surface area contributed by atoms with Gasteiger partial charge in [-0.15, -0.1) is 0 Å². The molecular weight excluding hydrogens is 268 g/mol. The summed E-state index contributed by atoms with van der Waals surface area (Å²) in [6.07, 6.45) is 0.895. The Balaban J connectivity index is 2.21. The molecule has 0 unspecified atom stereocenters. The number of rotatable bonds is 4. The number of ether oxygens (including phenoxy) is 2. The van der Waals surface area contributed by atoms with Crippen LogP contribution in [0.5, 0.6) is 0 Å². The van der Waals surface area contributed by atoms with Crippen molar-refractivity contribution in [3.63, 3.8) is 0 Å². The van der Waals surface area contributed by atoms with E-state index in [9.17, 15) is 4.79 Å². The zero-order chi connectivity index (χ0) is 15.4. The van der Waals surface area contributed by atoms with E-state index in [2.05, 4.69) is 11.0 Å². The van der Waals surface area contributed by atoms with E-state index in [4.69, 9.17) is 15.2 Å². The summed E-state index contributed by atoms with van der Waals surface area (Å²) in [6.45, 7) is 5.78. The van der Waals surface area contributed by atoms with Crippen LogP contribution in [0.3, 0.4) is 0 Å². The number of benzene rings is 1. The second-order valence-electron chi connectivity index (χ2n) is 5.45. The first-order valence-corrected chi connectivity index (χ1v) is 7.37. The minimum atomic E-state index is -0.278. The number of piperidine rings is 1. The lowest BCUT2D eigenvalue weighted by Gasteiger charge is -2.37. The molecule has 0 spiro atoms. The molecule has 0 radical (unpaired) electrons. The van der Waals surface area contributed by atoms with Crippen molar-refractivity contribution in [2.75, 3.05) is 31.7 Å². The zero-order valence-corrected chi connectivity index (χ0v) is 13.0. The first-order chi connectivity index (χ1) is 10.0. The Bertz CT molecular complexity index is 504. The van der Waals surface area contributed by atoms with Crippen LogP contribution in [-0.2, 0) is 9.47 Å². The first-order valence-electron chi connectivity index (χ1n) is 7.37. The number of methoxy groups -OCH3 is 1. The van der Waals surface area contributed by atoms with Gasteiger partial charge in [-0.1, -0.05) is 0 Å². The van der Waals surface area contributed by atoms with Crippen molar-refractivity contribution in [3.8, 4) is 0 Å². The molecule has 21 heavy (non-hydrogen) atoms. The third-order valence-electron chi connectivity index (χ3n) is 3.85. The zero-order valence-electron chi connectivity index (χ0n) is 13.0. The van der Waals surface area contributed by atoms with Gasteiger partial charge in [0.2, 0.25) is 0 Å². The predicted molar refractivity (Wildman–Crippen MR) is 82.7 cm³/mol. The number of esters is 1. The Kier molecular flexibility index (Phi) is 5.20. The molecule has 0 aliphatic carbocycles. The molecule has 5 nitrogen and oxygen atoms in total. The molecule has 5 heteroatoms. The molecule has 0 amide bonds. The number of carbonyl (C=O) groups excluding carboxylic acids is 1. The van der Waals surface area contributed by atoms with Crippen LogP contribution in [0.25, 0.3) is 0 Å². The smallest absolute Gasteiger partial charge is 0.338 e. The molecule has 116 valence electrons. The third-order valence-corrected chi connectivity index (χ3v) is 3.85. The van der Waals surface area contributed by atoms with Gasteiger partial charge < -0.3 is 20.1 Å². The summed E-state index contributed by atoms with van der Waals surface area (Å²) in [5, 5.41) is 0. The lowest BCUT2D eigenvalue weighted by atomic mass is 10.0. The fraction of sp³-hybridized carbons (Fsp3) is 0.562. The molecule has 0 saturated carbocycles. The topological polar surface area (TPSA) is 64.8 Å². The van der Waals surface area contributed by atoms with Crippen molar-refractivity contribution in [2.45, 2.75) is 32.4 Å². The molecule has 1 fully saturated rings. The molecule has 0 bridgehead atoms. The van der Waals surface area contributed by atoms with Gasteiger partial charge in [-0.25, -0.2) is 4.79 Å². The molecule has 1 aromatic carbocycles. The van der Waals surface area contributed by atoms with Gasteiger partial charge in [0, 0.05) is 31.9 Å². The number of anilines is 1. The summed E-state index contributed by atoms with van der Waals surface area (Å²) in [7, 11) is 1.69. The number of aryl methyl sites for hydroxylation is 1. The van der Waals surface area contributed by atoms with Gasteiger partial charge in [0.25, 0.3) is 0 Å². The normalized spacial score (nSPS) is 22.2. The summed E-state index contributed by atoms with van der Waals surface area (Å²) in [5.41, 5.74) is 8.71. The van der Waals surface area contributed by atoms with E-state index in [1.165, 1.54) is 0 Å². The SMILES string of the molecule is CCOC(=O)c1cc(C)cc(N2CC[C@@H](N)[C@@H](OC)C2)c1. The van der Waals surface area contributed by atoms with E-state index >= 15 is 0 Å². The number of nitrogens with two attached hydrogens (primary N) is 1.